The van der Waals surface area contributed by atoms with Gasteiger partial charge < -0.3 is 19.4 Å². The highest BCUT2D eigenvalue weighted by atomic mass is 19.1. The second-order valence-corrected chi connectivity index (χ2v) is 9.48. The highest BCUT2D eigenvalue weighted by Crippen LogP contribution is 2.41. The monoisotopic (exact) mass is 556 g/mol. The van der Waals surface area contributed by atoms with Gasteiger partial charge in [-0.15, -0.1) is 0 Å². The predicted octanol–water partition coefficient (Wildman–Crippen LogP) is 5.86. The Morgan fingerprint density at radius 2 is 1.46 bits per heavy atom. The molecule has 1 aromatic heterocycles. The van der Waals surface area contributed by atoms with E-state index in [1.54, 1.807) is 22.8 Å². The van der Waals surface area contributed by atoms with Gasteiger partial charge in [-0.25, -0.2) is 14.0 Å². The van der Waals surface area contributed by atoms with Gasteiger partial charge in [0.25, 0.3) is 5.91 Å². The number of rotatable bonds is 9. The number of methoxy groups -OCH3 is 2. The van der Waals surface area contributed by atoms with Gasteiger partial charge >= 0.3 is 11.9 Å². The first-order valence-corrected chi connectivity index (χ1v) is 12.8. The van der Waals surface area contributed by atoms with Crippen LogP contribution in [0.15, 0.2) is 72.8 Å². The molecule has 9 heteroatoms. The molecule has 0 unspecified atom stereocenters. The minimum atomic E-state index is -0.724. The first-order valence-electron chi connectivity index (χ1n) is 12.8. The van der Waals surface area contributed by atoms with Crippen molar-refractivity contribution in [2.75, 3.05) is 14.2 Å². The number of halogens is 1. The van der Waals surface area contributed by atoms with E-state index in [1.165, 1.54) is 38.5 Å². The number of amides is 1. The van der Waals surface area contributed by atoms with Crippen LogP contribution in [-0.2, 0) is 16.0 Å². The fraction of sp³-hybridized carbons (Fsp3) is 0.188. The van der Waals surface area contributed by atoms with Crippen LogP contribution in [0.2, 0.25) is 0 Å². The van der Waals surface area contributed by atoms with Crippen molar-refractivity contribution in [2.45, 2.75) is 26.4 Å². The summed E-state index contributed by atoms with van der Waals surface area (Å²) in [7, 11) is 2.41. The largest absolute Gasteiger partial charge is 0.465 e. The van der Waals surface area contributed by atoms with E-state index in [0.29, 0.717) is 34.1 Å². The lowest BCUT2D eigenvalue weighted by Crippen LogP contribution is -2.27. The summed E-state index contributed by atoms with van der Waals surface area (Å²) >= 11 is 0. The summed E-state index contributed by atoms with van der Waals surface area (Å²) in [4.78, 5) is 50.9. The molecule has 4 aromatic rings. The van der Waals surface area contributed by atoms with E-state index < -0.39 is 23.7 Å². The summed E-state index contributed by atoms with van der Waals surface area (Å²) in [6, 6.07) is 19.2. The minimum absolute atomic E-state index is 0.00321. The first kappa shape index (κ1) is 28.9. The van der Waals surface area contributed by atoms with E-state index in [-0.39, 0.29) is 35.1 Å². The van der Waals surface area contributed by atoms with Crippen LogP contribution in [-0.4, -0.2) is 42.9 Å². The fourth-order valence-corrected chi connectivity index (χ4v) is 4.81. The molecule has 3 aromatic carbocycles. The Labute approximate surface area is 236 Å². The molecule has 0 saturated heterocycles. The second-order valence-electron chi connectivity index (χ2n) is 9.48. The fourth-order valence-electron chi connectivity index (χ4n) is 4.81. The number of benzene rings is 3. The van der Waals surface area contributed by atoms with Gasteiger partial charge in [0.05, 0.1) is 31.0 Å². The molecule has 210 valence electrons. The summed E-state index contributed by atoms with van der Waals surface area (Å²) in [5, 5.41) is 2.89. The van der Waals surface area contributed by atoms with E-state index in [4.69, 9.17) is 9.47 Å². The van der Waals surface area contributed by atoms with Gasteiger partial charge in [-0.1, -0.05) is 48.5 Å². The molecule has 0 aliphatic heterocycles. The number of nitrogens with zero attached hydrogens (tertiary/aromatic N) is 1. The normalized spacial score (nSPS) is 10.8. The van der Waals surface area contributed by atoms with Gasteiger partial charge in [0, 0.05) is 23.7 Å². The zero-order valence-corrected chi connectivity index (χ0v) is 23.1. The summed E-state index contributed by atoms with van der Waals surface area (Å²) in [5.74, 6) is -2.31. The van der Waals surface area contributed by atoms with Gasteiger partial charge in [0.15, 0.2) is 6.29 Å². The molecule has 0 aliphatic rings. The van der Waals surface area contributed by atoms with Gasteiger partial charge in [0.1, 0.15) is 11.5 Å². The Morgan fingerprint density at radius 3 is 2.05 bits per heavy atom. The number of ether oxygens (including phenoxy) is 2. The smallest absolute Gasteiger partial charge is 0.338 e. The molecule has 1 heterocycles. The van der Waals surface area contributed by atoms with Crippen LogP contribution < -0.4 is 5.32 Å². The van der Waals surface area contributed by atoms with Crippen LogP contribution in [0.1, 0.15) is 67.1 Å². The van der Waals surface area contributed by atoms with Gasteiger partial charge in [-0.3, -0.25) is 9.59 Å². The van der Waals surface area contributed by atoms with Crippen LogP contribution in [0.25, 0.3) is 22.3 Å². The van der Waals surface area contributed by atoms with Gasteiger partial charge in [0.2, 0.25) is 0 Å². The maximum atomic E-state index is 13.9. The minimum Gasteiger partial charge on any atom is -0.465 e. The Kier molecular flexibility index (Phi) is 8.77. The van der Waals surface area contributed by atoms with Crippen LogP contribution in [0.3, 0.4) is 0 Å². The van der Waals surface area contributed by atoms with E-state index in [1.807, 2.05) is 44.2 Å². The number of hydrogen-bond donors (Lipinski definition) is 1. The van der Waals surface area contributed by atoms with Crippen LogP contribution in [0.4, 0.5) is 4.39 Å². The number of nitrogens with one attached hydrogen (secondary N) is 1. The first-order chi connectivity index (χ1) is 19.7. The van der Waals surface area contributed by atoms with Crippen molar-refractivity contribution >= 4 is 24.1 Å². The number of aldehydes is 1. The molecule has 0 saturated carbocycles. The lowest BCUT2D eigenvalue weighted by Gasteiger charge is -2.16. The average molecular weight is 557 g/mol. The van der Waals surface area contributed by atoms with Gasteiger partial charge in [-0.05, 0) is 54.8 Å². The predicted molar refractivity (Wildman–Crippen MR) is 151 cm³/mol. The van der Waals surface area contributed by atoms with E-state index >= 15 is 0 Å². The zero-order chi connectivity index (χ0) is 29.7. The van der Waals surface area contributed by atoms with Gasteiger partial charge in [-0.2, -0.15) is 0 Å². The number of esters is 2. The number of aromatic nitrogens is 1. The number of carbonyl (C=O) groups is 4. The molecule has 41 heavy (non-hydrogen) atoms. The third-order valence-electron chi connectivity index (χ3n) is 6.63. The lowest BCUT2D eigenvalue weighted by atomic mass is 9.94. The Bertz CT molecular complexity index is 1610. The van der Waals surface area contributed by atoms with Crippen molar-refractivity contribution in [1.82, 2.24) is 9.88 Å². The van der Waals surface area contributed by atoms with E-state index in [0.717, 1.165) is 0 Å². The van der Waals surface area contributed by atoms with E-state index in [2.05, 4.69) is 5.32 Å². The van der Waals surface area contributed by atoms with Crippen molar-refractivity contribution < 1.29 is 33.0 Å². The quantitative estimate of drug-likeness (QED) is 0.205. The maximum absolute atomic E-state index is 13.9. The molecular formula is C32H29FN2O6. The SMILES string of the molecule is COC(=O)c1ccc(CNC(=O)c2c(-c3ccccc3)c(-c3ccc(F)cc3)c(C=O)n2C(C)C)cc1C(=O)OC. The number of hydrogen-bond acceptors (Lipinski definition) is 6. The Hall–Kier alpha value is -5.05. The standard InChI is InChI=1S/C32H29FN2O6/c1-19(2)35-26(18-36)27(22-11-13-23(33)14-12-22)28(21-8-6-5-7-9-21)29(35)30(37)34-17-20-10-15-24(31(38)40-3)25(16-20)32(39)41-4/h5-16,18-19H,17H2,1-4H3,(H,34,37). The van der Waals surface area contributed by atoms with Crippen LogP contribution in [0.5, 0.6) is 0 Å². The third-order valence-corrected chi connectivity index (χ3v) is 6.63. The average Bonchev–Trinajstić information content (AvgIpc) is 3.35. The molecule has 8 nitrogen and oxygen atoms in total. The Morgan fingerprint density at radius 1 is 0.854 bits per heavy atom. The molecule has 0 bridgehead atoms. The van der Waals surface area contributed by atoms with E-state index in [9.17, 15) is 23.6 Å². The topological polar surface area (TPSA) is 104 Å². The van der Waals surface area contributed by atoms with Crippen molar-refractivity contribution in [2.24, 2.45) is 0 Å². The second kappa shape index (κ2) is 12.4. The highest BCUT2D eigenvalue weighted by Gasteiger charge is 2.30. The van der Waals surface area contributed by atoms with Crippen LogP contribution in [0, 0.1) is 5.82 Å². The summed E-state index contributed by atoms with van der Waals surface area (Å²) in [6.07, 6.45) is 0.704. The molecule has 0 aliphatic carbocycles. The van der Waals surface area contributed by atoms with Crippen molar-refractivity contribution in [1.29, 1.82) is 0 Å². The van der Waals surface area contributed by atoms with Crippen LogP contribution >= 0.6 is 0 Å². The molecule has 0 spiro atoms. The third kappa shape index (κ3) is 5.79. The Balaban J connectivity index is 1.84. The zero-order valence-electron chi connectivity index (χ0n) is 23.1. The summed E-state index contributed by atoms with van der Waals surface area (Å²) < 4.78 is 25.0. The molecule has 0 atom stereocenters. The molecule has 1 N–H and O–H groups in total. The maximum Gasteiger partial charge on any atom is 0.338 e. The molecule has 1 amide bonds. The van der Waals surface area contributed by atoms with Crippen molar-refractivity contribution in [3.63, 3.8) is 0 Å². The van der Waals surface area contributed by atoms with Crippen molar-refractivity contribution in [3.8, 4) is 22.3 Å². The molecule has 0 fully saturated rings. The number of carbonyl (C=O) groups excluding carboxylic acids is 4. The molecular weight excluding hydrogens is 527 g/mol. The van der Waals surface area contributed by atoms with Crippen molar-refractivity contribution in [3.05, 3.63) is 107 Å². The summed E-state index contributed by atoms with van der Waals surface area (Å²) in [6.45, 7) is 3.73. The summed E-state index contributed by atoms with van der Waals surface area (Å²) in [5.41, 5.74) is 3.44. The highest BCUT2D eigenvalue weighted by molar-refractivity contribution is 6.08. The molecule has 0 radical (unpaired) electrons. The lowest BCUT2D eigenvalue weighted by molar-refractivity contribution is 0.0555. The molecule has 4 rings (SSSR count).